The van der Waals surface area contributed by atoms with Gasteiger partial charge in [0.1, 0.15) is 6.10 Å². The highest BCUT2D eigenvalue weighted by Gasteiger charge is 2.23. The van der Waals surface area contributed by atoms with Gasteiger partial charge in [0.05, 0.1) is 25.2 Å². The summed E-state index contributed by atoms with van der Waals surface area (Å²) in [7, 11) is 0. The van der Waals surface area contributed by atoms with Crippen molar-refractivity contribution in [2.75, 3.05) is 6.61 Å². The monoisotopic (exact) mass is 846 g/mol. The van der Waals surface area contributed by atoms with Gasteiger partial charge in [0.25, 0.3) is 0 Å². The number of nitrogens with one attached hydrogen (secondary N) is 1. The van der Waals surface area contributed by atoms with Crippen LogP contribution < -0.4 is 5.32 Å². The summed E-state index contributed by atoms with van der Waals surface area (Å²) in [5.74, 6) is -0.637. The third-order valence-electron chi connectivity index (χ3n) is 10.5. The lowest BCUT2D eigenvalue weighted by atomic mass is 10.0. The molecule has 61 heavy (non-hydrogen) atoms. The number of hydrogen-bond donors (Lipinski definition) is 3. The largest absolute Gasteiger partial charge is 0.461 e. The van der Waals surface area contributed by atoms with Crippen molar-refractivity contribution in [3.05, 3.63) is 109 Å². The van der Waals surface area contributed by atoms with Gasteiger partial charge in [-0.05, 0) is 64.2 Å². The Balaban J connectivity index is 4.85. The van der Waals surface area contributed by atoms with Crippen molar-refractivity contribution in [2.24, 2.45) is 0 Å². The van der Waals surface area contributed by atoms with Gasteiger partial charge >= 0.3 is 5.97 Å². The van der Waals surface area contributed by atoms with Gasteiger partial charge < -0.3 is 20.3 Å². The number of rotatable bonds is 42. The SMILES string of the molecule is CC/C=C/C=C/C=C\C=C/C=C/CCCCCC(=O)OC(C/C=C\C/C=C\C/C=C\C/C=C\CCCCC)CC(=O)NC(CO)C(O)CCCCCCCCCCCCCC. The molecule has 0 saturated heterocycles. The Hall–Kier alpha value is -3.48. The van der Waals surface area contributed by atoms with Crippen molar-refractivity contribution in [3.63, 3.8) is 0 Å². The van der Waals surface area contributed by atoms with Crippen LogP contribution in [0.2, 0.25) is 0 Å². The molecule has 6 nitrogen and oxygen atoms in total. The van der Waals surface area contributed by atoms with Gasteiger partial charge in [-0.1, -0.05) is 226 Å². The van der Waals surface area contributed by atoms with Gasteiger partial charge in [-0.15, -0.1) is 0 Å². The first-order chi connectivity index (χ1) is 30.0. The maximum absolute atomic E-state index is 13.2. The molecule has 0 bridgehead atoms. The molecular formula is C55H91NO5. The fourth-order valence-corrected chi connectivity index (χ4v) is 6.72. The first-order valence-corrected chi connectivity index (χ1v) is 24.7. The summed E-state index contributed by atoms with van der Waals surface area (Å²) >= 11 is 0. The van der Waals surface area contributed by atoms with Gasteiger partial charge in [0.15, 0.2) is 0 Å². The maximum Gasteiger partial charge on any atom is 0.306 e. The second-order valence-electron chi connectivity index (χ2n) is 16.3. The summed E-state index contributed by atoms with van der Waals surface area (Å²) in [6, 6.07) is -0.746. The first-order valence-electron chi connectivity index (χ1n) is 24.7. The standard InChI is InChI=1S/C55H91NO5/c1-4-7-10-13-16-19-22-25-27-29-31-34-37-40-43-46-51(61-55(60)48-45-42-39-36-33-30-28-26-23-20-17-14-11-8-5-2)49-54(59)56-52(50-57)53(58)47-44-41-38-35-32-24-21-18-15-12-9-6-3/h8,11,14,16-17,19-20,23,25-28,30-31,33-34,40,43,51-53,57-58H,4-7,9-10,12-13,15,18,21-22,24,29,32,35-39,41-42,44-50H2,1-3H3,(H,56,59)/b11-8+,17-14+,19-16-,23-20-,27-25-,28-26-,33-30+,34-31-,43-40-. The number of amides is 1. The quantitative estimate of drug-likeness (QED) is 0.0246. The molecule has 0 fully saturated rings. The summed E-state index contributed by atoms with van der Waals surface area (Å²) in [5.41, 5.74) is 0. The van der Waals surface area contributed by atoms with Gasteiger partial charge in [0, 0.05) is 12.8 Å². The van der Waals surface area contributed by atoms with Crippen LogP contribution in [0.15, 0.2) is 109 Å². The number of hydrogen-bond acceptors (Lipinski definition) is 5. The Bertz CT molecular complexity index is 1270. The molecule has 0 radical (unpaired) electrons. The van der Waals surface area contributed by atoms with Gasteiger partial charge in [0.2, 0.25) is 5.91 Å². The first kappa shape index (κ1) is 57.5. The smallest absolute Gasteiger partial charge is 0.306 e. The molecule has 1 amide bonds. The topological polar surface area (TPSA) is 95.9 Å². The fraction of sp³-hybridized carbons (Fsp3) is 0.636. The normalized spacial score (nSPS) is 14.2. The number of allylic oxidation sites excluding steroid dienone is 17. The van der Waals surface area contributed by atoms with Crippen LogP contribution in [0.25, 0.3) is 0 Å². The minimum atomic E-state index is -0.824. The molecule has 346 valence electrons. The van der Waals surface area contributed by atoms with Crippen molar-refractivity contribution in [1.82, 2.24) is 5.32 Å². The van der Waals surface area contributed by atoms with E-state index in [1.165, 1.54) is 77.0 Å². The van der Waals surface area contributed by atoms with Crippen LogP contribution >= 0.6 is 0 Å². The van der Waals surface area contributed by atoms with E-state index < -0.39 is 18.2 Å². The van der Waals surface area contributed by atoms with Crippen LogP contribution in [0.4, 0.5) is 0 Å². The Morgan fingerprint density at radius 3 is 1.56 bits per heavy atom. The minimum absolute atomic E-state index is 0.0225. The maximum atomic E-state index is 13.2. The second-order valence-corrected chi connectivity index (χ2v) is 16.3. The molecule has 3 N–H and O–H groups in total. The van der Waals surface area contributed by atoms with Crippen LogP contribution in [0.1, 0.15) is 201 Å². The molecule has 0 rings (SSSR count). The summed E-state index contributed by atoms with van der Waals surface area (Å²) in [5, 5.41) is 23.7. The highest BCUT2D eigenvalue weighted by Crippen LogP contribution is 2.15. The number of aliphatic hydroxyl groups is 2. The predicted molar refractivity (Wildman–Crippen MR) is 263 cm³/mol. The number of unbranched alkanes of at least 4 members (excludes halogenated alkanes) is 17. The molecule has 0 aliphatic rings. The van der Waals surface area contributed by atoms with E-state index in [-0.39, 0.29) is 24.9 Å². The zero-order chi connectivity index (χ0) is 44.5. The lowest BCUT2D eigenvalue weighted by Gasteiger charge is -2.24. The lowest BCUT2D eigenvalue weighted by Crippen LogP contribution is -2.46. The van der Waals surface area contributed by atoms with Crippen molar-refractivity contribution in [3.8, 4) is 0 Å². The van der Waals surface area contributed by atoms with Crippen molar-refractivity contribution < 1.29 is 24.5 Å². The van der Waals surface area contributed by atoms with Crippen LogP contribution in [-0.4, -0.2) is 46.9 Å². The molecule has 0 aromatic rings. The number of carbonyl (C=O) groups excluding carboxylic acids is 2. The minimum Gasteiger partial charge on any atom is -0.461 e. The van der Waals surface area contributed by atoms with E-state index in [0.717, 1.165) is 77.0 Å². The van der Waals surface area contributed by atoms with E-state index >= 15 is 0 Å². The van der Waals surface area contributed by atoms with E-state index in [2.05, 4.69) is 74.7 Å². The molecule has 0 heterocycles. The van der Waals surface area contributed by atoms with Crippen LogP contribution in [0.3, 0.4) is 0 Å². The average molecular weight is 846 g/mol. The summed E-state index contributed by atoms with van der Waals surface area (Å²) < 4.78 is 5.84. The number of esters is 1. The van der Waals surface area contributed by atoms with Crippen LogP contribution in [0.5, 0.6) is 0 Å². The van der Waals surface area contributed by atoms with E-state index in [4.69, 9.17) is 4.74 Å². The lowest BCUT2D eigenvalue weighted by molar-refractivity contribution is -0.150. The Morgan fingerprint density at radius 2 is 0.984 bits per heavy atom. The fourth-order valence-electron chi connectivity index (χ4n) is 6.72. The van der Waals surface area contributed by atoms with E-state index in [1.54, 1.807) is 0 Å². The predicted octanol–water partition coefficient (Wildman–Crippen LogP) is 14.7. The highest BCUT2D eigenvalue weighted by molar-refractivity contribution is 5.77. The summed E-state index contributed by atoms with van der Waals surface area (Å²) in [6.07, 6.45) is 64.4. The Labute approximate surface area is 375 Å². The third kappa shape index (κ3) is 43.0. The van der Waals surface area contributed by atoms with Crippen molar-refractivity contribution in [1.29, 1.82) is 0 Å². The average Bonchev–Trinajstić information content (AvgIpc) is 3.25. The number of aliphatic hydroxyl groups excluding tert-OH is 2. The Kier molecular flexibility index (Phi) is 44.9. The molecule has 0 aromatic carbocycles. The molecule has 0 saturated carbocycles. The van der Waals surface area contributed by atoms with Gasteiger partial charge in [-0.25, -0.2) is 0 Å². The summed E-state index contributed by atoms with van der Waals surface area (Å²) in [6.45, 7) is 6.25. The van der Waals surface area contributed by atoms with Crippen molar-refractivity contribution >= 4 is 11.9 Å². The Morgan fingerprint density at radius 1 is 0.525 bits per heavy atom. The van der Waals surface area contributed by atoms with Gasteiger partial charge in [-0.3, -0.25) is 9.59 Å². The summed E-state index contributed by atoms with van der Waals surface area (Å²) in [4.78, 5) is 26.1. The van der Waals surface area contributed by atoms with E-state index in [9.17, 15) is 19.8 Å². The number of carbonyl (C=O) groups is 2. The van der Waals surface area contributed by atoms with Crippen LogP contribution in [-0.2, 0) is 14.3 Å². The molecule has 3 atom stereocenters. The zero-order valence-electron chi connectivity index (χ0n) is 39.2. The van der Waals surface area contributed by atoms with Crippen LogP contribution in [0, 0.1) is 0 Å². The van der Waals surface area contributed by atoms with Gasteiger partial charge in [-0.2, -0.15) is 0 Å². The molecule has 3 unspecified atom stereocenters. The molecule has 6 heteroatoms. The van der Waals surface area contributed by atoms with E-state index in [0.29, 0.717) is 19.3 Å². The zero-order valence-corrected chi connectivity index (χ0v) is 39.2. The molecule has 0 spiro atoms. The molecular weight excluding hydrogens is 755 g/mol. The third-order valence-corrected chi connectivity index (χ3v) is 10.5. The van der Waals surface area contributed by atoms with E-state index in [1.807, 2.05) is 60.8 Å². The number of ether oxygens (including phenoxy) is 1. The highest BCUT2D eigenvalue weighted by atomic mass is 16.5. The molecule has 0 aliphatic carbocycles. The molecule has 0 aliphatic heterocycles. The molecule has 0 aromatic heterocycles. The van der Waals surface area contributed by atoms with Crippen molar-refractivity contribution in [2.45, 2.75) is 219 Å². The second kappa shape index (κ2) is 47.6.